The molecule has 0 amide bonds. The third-order valence-corrected chi connectivity index (χ3v) is 4.88. The number of aromatic nitrogens is 6. The van der Waals surface area contributed by atoms with E-state index in [1.54, 1.807) is 6.33 Å². The lowest BCUT2D eigenvalue weighted by molar-refractivity contribution is -0.0511. The number of nitrogens with one attached hydrogen (secondary N) is 1. The zero-order valence-corrected chi connectivity index (χ0v) is 15.4. The Hall–Kier alpha value is -2.60. The Bertz CT molecular complexity index is 943. The largest absolute Gasteiger partial charge is 0.394 e. The summed E-state index contributed by atoms with van der Waals surface area (Å²) in [6, 6.07) is 0. The highest BCUT2D eigenvalue weighted by molar-refractivity contribution is 5.82. The summed E-state index contributed by atoms with van der Waals surface area (Å²) in [5.74, 6) is 0.561. The highest BCUT2D eigenvalue weighted by Crippen LogP contribution is 2.32. The van der Waals surface area contributed by atoms with E-state index >= 15 is 0 Å². The molecule has 0 radical (unpaired) electrons. The van der Waals surface area contributed by atoms with Crippen molar-refractivity contribution < 1.29 is 20.1 Å². The lowest BCUT2D eigenvalue weighted by atomic mass is 10.1. The van der Waals surface area contributed by atoms with Crippen LogP contribution < -0.4 is 5.32 Å². The number of aliphatic hydroxyl groups excluding tert-OH is 3. The van der Waals surface area contributed by atoms with Crippen LogP contribution in [0.2, 0.25) is 0 Å². The van der Waals surface area contributed by atoms with E-state index in [1.165, 1.54) is 17.2 Å². The standard InChI is InChI=1S/C17H23N7O4/c1-2-23-5-10(21-8-23)3-4-18-15-12-16(20-7-19-15)24(9-22-12)17-14(27)13(26)11(6-25)28-17/h5,7-9,11,13-14,17,25-27H,2-4,6H2,1H3,(H,18,19,20)/t11-,13-,14-,17-/m1/s1. The number of imidazole rings is 2. The molecule has 28 heavy (non-hydrogen) atoms. The number of hydrogen-bond donors (Lipinski definition) is 4. The van der Waals surface area contributed by atoms with Gasteiger partial charge in [0, 0.05) is 25.7 Å². The van der Waals surface area contributed by atoms with Crippen LogP contribution in [0.1, 0.15) is 18.8 Å². The van der Waals surface area contributed by atoms with E-state index < -0.39 is 31.1 Å². The van der Waals surface area contributed by atoms with Crippen molar-refractivity contribution in [3.8, 4) is 0 Å². The van der Waals surface area contributed by atoms with Gasteiger partial charge in [0.25, 0.3) is 0 Å². The fraction of sp³-hybridized carbons (Fsp3) is 0.529. The second-order valence-electron chi connectivity index (χ2n) is 6.65. The molecule has 1 fully saturated rings. The van der Waals surface area contributed by atoms with Gasteiger partial charge in [0.2, 0.25) is 0 Å². The Balaban J connectivity index is 1.50. The van der Waals surface area contributed by atoms with Gasteiger partial charge in [-0.2, -0.15) is 0 Å². The number of hydrogen-bond acceptors (Lipinski definition) is 9. The van der Waals surface area contributed by atoms with Gasteiger partial charge in [-0.3, -0.25) is 4.57 Å². The molecule has 4 atom stereocenters. The topological polar surface area (TPSA) is 143 Å². The van der Waals surface area contributed by atoms with Gasteiger partial charge in [-0.15, -0.1) is 0 Å². The van der Waals surface area contributed by atoms with E-state index in [0.717, 1.165) is 18.7 Å². The first-order chi connectivity index (χ1) is 13.6. The molecule has 1 aliphatic rings. The van der Waals surface area contributed by atoms with Gasteiger partial charge in [-0.25, -0.2) is 19.9 Å². The van der Waals surface area contributed by atoms with Crippen LogP contribution in [0.25, 0.3) is 11.2 Å². The van der Waals surface area contributed by atoms with Gasteiger partial charge in [0.15, 0.2) is 23.2 Å². The molecule has 4 N–H and O–H groups in total. The summed E-state index contributed by atoms with van der Waals surface area (Å²) in [6.45, 7) is 3.17. The average molecular weight is 389 g/mol. The molecule has 4 rings (SSSR count). The first-order valence-corrected chi connectivity index (χ1v) is 9.17. The van der Waals surface area contributed by atoms with E-state index in [4.69, 9.17) is 4.74 Å². The number of aryl methyl sites for hydroxylation is 1. The smallest absolute Gasteiger partial charge is 0.167 e. The molecule has 0 aromatic carbocycles. The van der Waals surface area contributed by atoms with E-state index in [2.05, 4.69) is 32.2 Å². The number of nitrogens with zero attached hydrogens (tertiary/aromatic N) is 6. The molecule has 0 saturated carbocycles. The van der Waals surface area contributed by atoms with Crippen LogP contribution in [-0.2, 0) is 17.7 Å². The molecule has 11 heteroatoms. The minimum atomic E-state index is -1.20. The van der Waals surface area contributed by atoms with E-state index in [0.29, 0.717) is 23.5 Å². The van der Waals surface area contributed by atoms with Gasteiger partial charge in [0.1, 0.15) is 24.6 Å². The summed E-state index contributed by atoms with van der Waals surface area (Å²) < 4.78 is 9.11. The Morgan fingerprint density at radius 1 is 1.14 bits per heavy atom. The minimum Gasteiger partial charge on any atom is -0.394 e. The second-order valence-corrected chi connectivity index (χ2v) is 6.65. The average Bonchev–Trinajstić information content (AvgIpc) is 3.41. The second kappa shape index (κ2) is 7.80. The molecule has 3 aromatic rings. The van der Waals surface area contributed by atoms with E-state index in [-0.39, 0.29) is 0 Å². The molecular formula is C17H23N7O4. The number of fused-ring (bicyclic) bond motifs is 1. The Labute approximate surface area is 160 Å². The monoisotopic (exact) mass is 389 g/mol. The molecule has 1 saturated heterocycles. The van der Waals surface area contributed by atoms with Crippen LogP contribution in [0.5, 0.6) is 0 Å². The molecule has 3 aromatic heterocycles. The van der Waals surface area contributed by atoms with Crippen LogP contribution in [0, 0.1) is 0 Å². The zero-order valence-electron chi connectivity index (χ0n) is 15.4. The fourth-order valence-corrected chi connectivity index (χ4v) is 3.29. The highest BCUT2D eigenvalue weighted by Gasteiger charge is 2.44. The number of anilines is 1. The number of rotatable bonds is 7. The number of ether oxygens (including phenoxy) is 1. The van der Waals surface area contributed by atoms with Crippen LogP contribution >= 0.6 is 0 Å². The fourth-order valence-electron chi connectivity index (χ4n) is 3.29. The van der Waals surface area contributed by atoms with Gasteiger partial charge >= 0.3 is 0 Å². The molecule has 11 nitrogen and oxygen atoms in total. The Morgan fingerprint density at radius 2 is 2.00 bits per heavy atom. The maximum Gasteiger partial charge on any atom is 0.167 e. The minimum absolute atomic E-state index is 0.392. The third-order valence-electron chi connectivity index (χ3n) is 4.88. The Kier molecular flexibility index (Phi) is 5.22. The van der Waals surface area contributed by atoms with Crippen molar-refractivity contribution in [2.45, 2.75) is 44.4 Å². The van der Waals surface area contributed by atoms with Gasteiger partial charge in [0.05, 0.1) is 25.0 Å². The molecule has 0 bridgehead atoms. The molecule has 0 aliphatic carbocycles. The summed E-state index contributed by atoms with van der Waals surface area (Å²) in [4.78, 5) is 17.2. The van der Waals surface area contributed by atoms with Crippen LogP contribution in [-0.4, -0.2) is 75.9 Å². The summed E-state index contributed by atoms with van der Waals surface area (Å²) in [7, 11) is 0. The highest BCUT2D eigenvalue weighted by atomic mass is 16.6. The van der Waals surface area contributed by atoms with Crippen molar-refractivity contribution in [1.29, 1.82) is 0 Å². The Morgan fingerprint density at radius 3 is 2.71 bits per heavy atom. The van der Waals surface area contributed by atoms with E-state index in [1.807, 2.05) is 10.8 Å². The van der Waals surface area contributed by atoms with Crippen molar-refractivity contribution >= 4 is 17.0 Å². The van der Waals surface area contributed by atoms with Gasteiger partial charge in [-0.1, -0.05) is 0 Å². The van der Waals surface area contributed by atoms with Crippen molar-refractivity contribution in [1.82, 2.24) is 29.1 Å². The van der Waals surface area contributed by atoms with Crippen LogP contribution in [0.3, 0.4) is 0 Å². The normalized spacial score (nSPS) is 24.9. The van der Waals surface area contributed by atoms with Crippen LogP contribution in [0.4, 0.5) is 5.82 Å². The first-order valence-electron chi connectivity index (χ1n) is 9.17. The lowest BCUT2D eigenvalue weighted by Gasteiger charge is -2.16. The molecule has 0 spiro atoms. The van der Waals surface area contributed by atoms with Crippen molar-refractivity contribution in [3.63, 3.8) is 0 Å². The molecular weight excluding hydrogens is 366 g/mol. The zero-order chi connectivity index (χ0) is 19.7. The van der Waals surface area contributed by atoms with Crippen molar-refractivity contribution in [2.24, 2.45) is 0 Å². The summed E-state index contributed by atoms with van der Waals surface area (Å²) >= 11 is 0. The molecule has 4 heterocycles. The molecule has 150 valence electrons. The number of aliphatic hydroxyl groups is 3. The predicted octanol–water partition coefficient (Wildman–Crippen LogP) is -0.691. The van der Waals surface area contributed by atoms with Crippen molar-refractivity contribution in [2.75, 3.05) is 18.5 Å². The van der Waals surface area contributed by atoms with E-state index in [9.17, 15) is 15.3 Å². The lowest BCUT2D eigenvalue weighted by Crippen LogP contribution is -2.33. The summed E-state index contributed by atoms with van der Waals surface area (Å²) in [5.41, 5.74) is 1.97. The maximum absolute atomic E-state index is 10.2. The van der Waals surface area contributed by atoms with Crippen molar-refractivity contribution in [3.05, 3.63) is 30.9 Å². The summed E-state index contributed by atoms with van der Waals surface area (Å²) in [6.07, 6.45) is 3.29. The first kappa shape index (κ1) is 18.7. The maximum atomic E-state index is 10.2. The predicted molar refractivity (Wildman–Crippen MR) is 98.4 cm³/mol. The van der Waals surface area contributed by atoms with Crippen LogP contribution in [0.15, 0.2) is 25.2 Å². The van der Waals surface area contributed by atoms with Gasteiger partial charge in [-0.05, 0) is 6.92 Å². The van der Waals surface area contributed by atoms with Gasteiger partial charge < -0.3 is 29.9 Å². The molecule has 1 aliphatic heterocycles. The SMILES string of the molecule is CCn1cnc(CCNc2ncnc3c2ncn3[C@@H]2O[C@H](CO)[C@@H](O)[C@H]2O)c1. The molecule has 0 unspecified atom stereocenters. The third kappa shape index (κ3) is 3.33. The quantitative estimate of drug-likeness (QED) is 0.413. The summed E-state index contributed by atoms with van der Waals surface area (Å²) in [5, 5.41) is 32.7.